The van der Waals surface area contributed by atoms with Crippen LogP contribution >= 0.6 is 0 Å². The number of nitrogens with zero attached hydrogens (tertiary/aromatic N) is 1. The molecule has 17 heavy (non-hydrogen) atoms. The molecule has 0 saturated carbocycles. The van der Waals surface area contributed by atoms with Crippen LogP contribution in [0.5, 0.6) is 0 Å². The van der Waals surface area contributed by atoms with Crippen LogP contribution in [0.15, 0.2) is 0 Å². The highest BCUT2D eigenvalue weighted by Gasteiger charge is 2.31. The first-order valence-electron chi connectivity index (χ1n) is 6.09. The molecule has 0 aromatic rings. The van der Waals surface area contributed by atoms with Gasteiger partial charge in [0, 0.05) is 33.2 Å². The van der Waals surface area contributed by atoms with E-state index in [9.17, 15) is 9.59 Å². The topological polar surface area (TPSA) is 58.6 Å². The van der Waals surface area contributed by atoms with E-state index in [2.05, 4.69) is 19.2 Å². The van der Waals surface area contributed by atoms with Crippen LogP contribution < -0.4 is 5.32 Å². The molecule has 1 unspecified atom stereocenters. The second kappa shape index (κ2) is 6.59. The molecule has 5 heteroatoms. The third-order valence-corrected chi connectivity index (χ3v) is 2.79. The number of carbonyl (C=O) groups excluding carboxylic acids is 2. The van der Waals surface area contributed by atoms with E-state index in [0.29, 0.717) is 38.6 Å². The standard InChI is InChI=1S/C12H22N2O3/c1-9(2)8-14(4-5-17-3)12(16)10-6-11(15)13-7-10/h9-10H,4-8H2,1-3H3,(H,13,15). The van der Waals surface area contributed by atoms with Gasteiger partial charge in [-0.05, 0) is 5.92 Å². The Labute approximate surface area is 102 Å². The molecule has 2 amide bonds. The lowest BCUT2D eigenvalue weighted by Crippen LogP contribution is -2.41. The normalized spacial score (nSPS) is 19.5. The van der Waals surface area contributed by atoms with Crippen molar-refractivity contribution in [2.45, 2.75) is 20.3 Å². The highest BCUT2D eigenvalue weighted by Crippen LogP contribution is 2.14. The molecule has 0 spiro atoms. The monoisotopic (exact) mass is 242 g/mol. The van der Waals surface area contributed by atoms with Gasteiger partial charge in [0.15, 0.2) is 0 Å². The largest absolute Gasteiger partial charge is 0.383 e. The molecule has 1 atom stereocenters. The minimum Gasteiger partial charge on any atom is -0.383 e. The lowest BCUT2D eigenvalue weighted by molar-refractivity contribution is -0.137. The Morgan fingerprint density at radius 1 is 1.59 bits per heavy atom. The van der Waals surface area contributed by atoms with E-state index in [4.69, 9.17) is 4.74 Å². The molecule has 1 rings (SSSR count). The predicted molar refractivity (Wildman–Crippen MR) is 64.4 cm³/mol. The summed E-state index contributed by atoms with van der Waals surface area (Å²) in [6, 6.07) is 0. The first-order chi connectivity index (χ1) is 8.04. The Morgan fingerprint density at radius 3 is 2.76 bits per heavy atom. The smallest absolute Gasteiger partial charge is 0.228 e. The molecule has 5 nitrogen and oxygen atoms in total. The van der Waals surface area contributed by atoms with Gasteiger partial charge in [-0.15, -0.1) is 0 Å². The predicted octanol–water partition coefficient (Wildman–Crippen LogP) is 0.254. The Morgan fingerprint density at radius 2 is 2.29 bits per heavy atom. The summed E-state index contributed by atoms with van der Waals surface area (Å²) in [5, 5.41) is 2.70. The number of rotatable bonds is 6. The highest BCUT2D eigenvalue weighted by molar-refractivity contribution is 5.89. The molecular weight excluding hydrogens is 220 g/mol. The minimum atomic E-state index is -0.196. The van der Waals surface area contributed by atoms with Crippen molar-refractivity contribution in [3.8, 4) is 0 Å². The Bertz CT molecular complexity index is 279. The zero-order valence-corrected chi connectivity index (χ0v) is 10.9. The van der Waals surface area contributed by atoms with Crippen LogP contribution in [0.25, 0.3) is 0 Å². The molecule has 98 valence electrons. The Kier molecular flexibility index (Phi) is 5.41. The van der Waals surface area contributed by atoms with Gasteiger partial charge in [-0.3, -0.25) is 9.59 Å². The summed E-state index contributed by atoms with van der Waals surface area (Å²) in [4.78, 5) is 25.1. The van der Waals surface area contributed by atoms with E-state index in [1.165, 1.54) is 0 Å². The molecular formula is C12H22N2O3. The number of hydrogen-bond donors (Lipinski definition) is 1. The van der Waals surface area contributed by atoms with Crippen molar-refractivity contribution in [1.29, 1.82) is 0 Å². The number of carbonyl (C=O) groups is 2. The number of amides is 2. The lowest BCUT2D eigenvalue weighted by Gasteiger charge is -2.26. The van der Waals surface area contributed by atoms with Crippen molar-refractivity contribution >= 4 is 11.8 Å². The number of hydrogen-bond acceptors (Lipinski definition) is 3. The number of nitrogens with one attached hydrogen (secondary N) is 1. The maximum atomic E-state index is 12.2. The van der Waals surface area contributed by atoms with E-state index in [-0.39, 0.29) is 17.7 Å². The molecule has 0 bridgehead atoms. The van der Waals surface area contributed by atoms with Gasteiger partial charge in [-0.25, -0.2) is 0 Å². The molecule has 1 N–H and O–H groups in total. The molecule has 0 radical (unpaired) electrons. The first kappa shape index (κ1) is 14.0. The lowest BCUT2D eigenvalue weighted by atomic mass is 10.1. The van der Waals surface area contributed by atoms with Gasteiger partial charge < -0.3 is 15.0 Å². The van der Waals surface area contributed by atoms with Gasteiger partial charge in [-0.1, -0.05) is 13.8 Å². The second-order valence-corrected chi connectivity index (χ2v) is 4.88. The summed E-state index contributed by atoms with van der Waals surface area (Å²) in [5.41, 5.74) is 0. The maximum absolute atomic E-state index is 12.2. The first-order valence-corrected chi connectivity index (χ1v) is 6.09. The average molecular weight is 242 g/mol. The molecule has 0 aliphatic carbocycles. The third kappa shape index (κ3) is 4.34. The van der Waals surface area contributed by atoms with Crippen molar-refractivity contribution in [1.82, 2.24) is 10.2 Å². The fraction of sp³-hybridized carbons (Fsp3) is 0.833. The van der Waals surface area contributed by atoms with Crippen LogP contribution in [0, 0.1) is 11.8 Å². The summed E-state index contributed by atoms with van der Waals surface area (Å²) < 4.78 is 5.01. The van der Waals surface area contributed by atoms with Gasteiger partial charge in [0.25, 0.3) is 0 Å². The van der Waals surface area contributed by atoms with Gasteiger partial charge in [0.1, 0.15) is 0 Å². The molecule has 1 fully saturated rings. The van der Waals surface area contributed by atoms with E-state index >= 15 is 0 Å². The number of ether oxygens (including phenoxy) is 1. The summed E-state index contributed by atoms with van der Waals surface area (Å²) >= 11 is 0. The summed E-state index contributed by atoms with van der Waals surface area (Å²) in [6.45, 7) is 6.47. The van der Waals surface area contributed by atoms with E-state index in [1.807, 2.05) is 0 Å². The van der Waals surface area contributed by atoms with Crippen molar-refractivity contribution in [2.75, 3.05) is 33.4 Å². The zero-order valence-electron chi connectivity index (χ0n) is 10.9. The summed E-state index contributed by atoms with van der Waals surface area (Å²) in [5.74, 6) is 0.257. The van der Waals surface area contributed by atoms with Crippen molar-refractivity contribution in [2.24, 2.45) is 11.8 Å². The third-order valence-electron chi connectivity index (χ3n) is 2.79. The van der Waals surface area contributed by atoms with Crippen molar-refractivity contribution in [3.05, 3.63) is 0 Å². The fourth-order valence-electron chi connectivity index (χ4n) is 1.97. The Hall–Kier alpha value is -1.10. The van der Waals surface area contributed by atoms with E-state index in [1.54, 1.807) is 12.0 Å². The molecule has 1 heterocycles. The van der Waals surface area contributed by atoms with Crippen LogP contribution in [0.1, 0.15) is 20.3 Å². The van der Waals surface area contributed by atoms with Gasteiger partial charge >= 0.3 is 0 Å². The summed E-state index contributed by atoms with van der Waals surface area (Å²) in [7, 11) is 1.62. The Balaban J connectivity index is 2.55. The highest BCUT2D eigenvalue weighted by atomic mass is 16.5. The zero-order chi connectivity index (χ0) is 12.8. The quantitative estimate of drug-likeness (QED) is 0.726. The van der Waals surface area contributed by atoms with Gasteiger partial charge in [-0.2, -0.15) is 0 Å². The molecule has 1 aliphatic rings. The van der Waals surface area contributed by atoms with Crippen LogP contribution in [-0.4, -0.2) is 50.1 Å². The molecule has 0 aromatic carbocycles. The maximum Gasteiger partial charge on any atom is 0.228 e. The average Bonchev–Trinajstić information content (AvgIpc) is 2.69. The van der Waals surface area contributed by atoms with Crippen LogP contribution in [0.3, 0.4) is 0 Å². The van der Waals surface area contributed by atoms with E-state index in [0.717, 1.165) is 0 Å². The second-order valence-electron chi connectivity index (χ2n) is 4.88. The molecule has 0 aromatic heterocycles. The summed E-state index contributed by atoms with van der Waals surface area (Å²) in [6.07, 6.45) is 0.320. The van der Waals surface area contributed by atoms with Crippen LogP contribution in [0.2, 0.25) is 0 Å². The molecule has 1 aliphatic heterocycles. The van der Waals surface area contributed by atoms with Gasteiger partial charge in [0.2, 0.25) is 11.8 Å². The van der Waals surface area contributed by atoms with Crippen LogP contribution in [0.4, 0.5) is 0 Å². The minimum absolute atomic E-state index is 0.0282. The van der Waals surface area contributed by atoms with E-state index < -0.39 is 0 Å². The SMILES string of the molecule is COCCN(CC(C)C)C(=O)C1CNC(=O)C1. The van der Waals surface area contributed by atoms with Gasteiger partial charge in [0.05, 0.1) is 12.5 Å². The van der Waals surface area contributed by atoms with Crippen molar-refractivity contribution in [3.63, 3.8) is 0 Å². The fourth-order valence-corrected chi connectivity index (χ4v) is 1.97. The number of methoxy groups -OCH3 is 1. The van der Waals surface area contributed by atoms with Crippen molar-refractivity contribution < 1.29 is 14.3 Å². The van der Waals surface area contributed by atoms with Crippen LogP contribution in [-0.2, 0) is 14.3 Å². The molecule has 1 saturated heterocycles.